The molecule has 1 aliphatic rings. The molecule has 0 radical (unpaired) electrons. The van der Waals surface area contributed by atoms with Crippen molar-refractivity contribution in [2.75, 3.05) is 16.8 Å². The second-order valence-electron chi connectivity index (χ2n) is 4.28. The fourth-order valence-electron chi connectivity index (χ4n) is 1.77. The van der Waals surface area contributed by atoms with E-state index in [4.69, 9.17) is 11.6 Å². The first-order valence-electron chi connectivity index (χ1n) is 5.51. The molecule has 2 rings (SSSR count). The number of alkyl halides is 1. The summed E-state index contributed by atoms with van der Waals surface area (Å²) < 4.78 is 22.7. The van der Waals surface area contributed by atoms with Crippen LogP contribution in [0.5, 0.6) is 0 Å². The van der Waals surface area contributed by atoms with E-state index in [0.717, 1.165) is 6.20 Å². The van der Waals surface area contributed by atoms with Crippen LogP contribution in [-0.4, -0.2) is 47.3 Å². The van der Waals surface area contributed by atoms with Crippen LogP contribution < -0.4 is 21.9 Å². The average molecular weight is 323 g/mol. The summed E-state index contributed by atoms with van der Waals surface area (Å²) in [6, 6.07) is -1.51. The predicted octanol–water partition coefficient (Wildman–Crippen LogP) is -1.41. The summed E-state index contributed by atoms with van der Waals surface area (Å²) in [5.41, 5.74) is -1.65. The second-order valence-corrected chi connectivity index (χ2v) is 7.00. The fraction of sp³-hybridized carbons (Fsp3) is 0.444. The highest BCUT2D eigenvalue weighted by atomic mass is 35.5. The number of H-pyrrole nitrogens is 2. The molecule has 0 aliphatic carbocycles. The lowest BCUT2D eigenvalue weighted by molar-refractivity contribution is 0.249. The van der Waals surface area contributed by atoms with E-state index in [-0.39, 0.29) is 17.2 Å². The van der Waals surface area contributed by atoms with E-state index in [0.29, 0.717) is 0 Å². The van der Waals surface area contributed by atoms with Crippen molar-refractivity contribution in [2.45, 2.75) is 11.4 Å². The van der Waals surface area contributed by atoms with E-state index in [9.17, 15) is 22.8 Å². The van der Waals surface area contributed by atoms with Gasteiger partial charge >= 0.3 is 11.7 Å². The van der Waals surface area contributed by atoms with Crippen LogP contribution in [0.3, 0.4) is 0 Å². The summed E-state index contributed by atoms with van der Waals surface area (Å²) in [5.74, 6) is -0.463. The molecule has 1 aromatic heterocycles. The van der Waals surface area contributed by atoms with Crippen molar-refractivity contribution in [2.24, 2.45) is 0 Å². The number of carbonyl (C=O) groups is 1. The number of rotatable bonds is 2. The number of hydrogen-bond donors (Lipinski definition) is 4. The molecule has 11 heteroatoms. The molecule has 0 unspecified atom stereocenters. The van der Waals surface area contributed by atoms with Gasteiger partial charge in [-0.05, 0) is 0 Å². The number of urea groups is 1. The van der Waals surface area contributed by atoms with E-state index >= 15 is 0 Å². The van der Waals surface area contributed by atoms with Crippen LogP contribution in [0.15, 0.2) is 15.8 Å². The highest BCUT2D eigenvalue weighted by Gasteiger charge is 2.37. The van der Waals surface area contributed by atoms with Crippen molar-refractivity contribution in [3.63, 3.8) is 0 Å². The largest absolute Gasteiger partial charge is 0.333 e. The molecule has 110 valence electrons. The number of sulfone groups is 1. The molecular weight excluding hydrogens is 312 g/mol. The van der Waals surface area contributed by atoms with Crippen molar-refractivity contribution in [3.05, 3.63) is 27.0 Å². The van der Waals surface area contributed by atoms with Gasteiger partial charge in [-0.1, -0.05) is 0 Å². The Morgan fingerprint density at radius 1 is 1.35 bits per heavy atom. The minimum atomic E-state index is -3.27. The lowest BCUT2D eigenvalue weighted by atomic mass is 10.2. The number of nitrogens with one attached hydrogen (secondary N) is 4. The molecule has 2 atom stereocenters. The van der Waals surface area contributed by atoms with Crippen LogP contribution in [0, 0.1) is 0 Å². The number of amides is 2. The van der Waals surface area contributed by atoms with Crippen LogP contribution in [0.1, 0.15) is 0 Å². The molecule has 0 aromatic carbocycles. The Balaban J connectivity index is 2.03. The predicted molar refractivity (Wildman–Crippen MR) is 71.9 cm³/mol. The molecule has 2 amide bonds. The molecule has 4 N–H and O–H groups in total. The van der Waals surface area contributed by atoms with E-state index in [1.165, 1.54) is 0 Å². The fourth-order valence-corrected chi connectivity index (χ4v) is 4.32. The number of aromatic amines is 2. The Kier molecular flexibility index (Phi) is 3.86. The van der Waals surface area contributed by atoms with Crippen LogP contribution in [0.4, 0.5) is 10.5 Å². The Labute approximate surface area is 117 Å². The normalized spacial score (nSPS) is 24.2. The summed E-state index contributed by atoms with van der Waals surface area (Å²) >= 11 is 5.82. The van der Waals surface area contributed by atoms with Gasteiger partial charge in [-0.15, -0.1) is 11.6 Å². The number of carbonyl (C=O) groups excluding carboxylic acids is 1. The van der Waals surface area contributed by atoms with Crippen LogP contribution in [0.2, 0.25) is 0 Å². The lowest BCUT2D eigenvalue weighted by Crippen LogP contribution is -2.43. The standard InChI is InChI=1S/C9H11ClN4O5S/c10-4-2-20(18,19)3-6(4)13-9(17)12-5-1-11-8(16)14-7(5)15/h1,4,6H,2-3H2,(H2,12,13,17)(H2,11,14,15,16)/t4-,6-/m1/s1. The molecule has 1 saturated heterocycles. The summed E-state index contributed by atoms with van der Waals surface area (Å²) in [5, 5.41) is 3.84. The Morgan fingerprint density at radius 3 is 2.60 bits per heavy atom. The van der Waals surface area contributed by atoms with Gasteiger partial charge in [0.1, 0.15) is 5.69 Å². The van der Waals surface area contributed by atoms with E-state index in [2.05, 4.69) is 15.6 Å². The number of aromatic nitrogens is 2. The van der Waals surface area contributed by atoms with Gasteiger partial charge in [0.2, 0.25) is 0 Å². The Hall–Kier alpha value is -1.81. The maximum atomic E-state index is 11.6. The molecule has 0 spiro atoms. The van der Waals surface area contributed by atoms with Gasteiger partial charge in [-0.2, -0.15) is 0 Å². The molecule has 1 aromatic rings. The molecule has 2 heterocycles. The van der Waals surface area contributed by atoms with Crippen molar-refractivity contribution in [1.82, 2.24) is 15.3 Å². The highest BCUT2D eigenvalue weighted by molar-refractivity contribution is 7.91. The van der Waals surface area contributed by atoms with Gasteiger partial charge < -0.3 is 15.6 Å². The van der Waals surface area contributed by atoms with E-state index < -0.39 is 38.5 Å². The minimum absolute atomic E-state index is 0.172. The van der Waals surface area contributed by atoms with Crippen molar-refractivity contribution in [3.8, 4) is 0 Å². The van der Waals surface area contributed by atoms with Gasteiger partial charge in [-0.25, -0.2) is 18.0 Å². The Morgan fingerprint density at radius 2 is 2.05 bits per heavy atom. The average Bonchev–Trinajstić information content (AvgIpc) is 2.56. The first-order chi connectivity index (χ1) is 9.27. The molecule has 1 aliphatic heterocycles. The minimum Gasteiger partial charge on any atom is -0.333 e. The molecule has 9 nitrogen and oxygen atoms in total. The van der Waals surface area contributed by atoms with Crippen LogP contribution in [0.25, 0.3) is 0 Å². The maximum Gasteiger partial charge on any atom is 0.325 e. The summed E-state index contributed by atoms with van der Waals surface area (Å²) in [4.78, 5) is 37.9. The summed E-state index contributed by atoms with van der Waals surface area (Å²) in [7, 11) is -3.27. The zero-order valence-electron chi connectivity index (χ0n) is 9.97. The van der Waals surface area contributed by atoms with Gasteiger partial charge in [0.05, 0.1) is 22.9 Å². The van der Waals surface area contributed by atoms with Crippen LogP contribution in [-0.2, 0) is 9.84 Å². The lowest BCUT2D eigenvalue weighted by Gasteiger charge is -2.14. The number of halogens is 1. The summed E-state index contributed by atoms with van der Waals surface area (Å²) in [6.07, 6.45) is 1.03. The van der Waals surface area contributed by atoms with E-state index in [1.807, 2.05) is 4.98 Å². The third-order valence-electron chi connectivity index (χ3n) is 2.67. The van der Waals surface area contributed by atoms with Gasteiger partial charge in [0, 0.05) is 6.20 Å². The topological polar surface area (TPSA) is 141 Å². The smallest absolute Gasteiger partial charge is 0.325 e. The highest BCUT2D eigenvalue weighted by Crippen LogP contribution is 2.17. The molecule has 0 bridgehead atoms. The SMILES string of the molecule is O=C(Nc1c[nH]c(=O)[nH]c1=O)N[C@@H]1CS(=O)(=O)C[C@H]1Cl. The van der Waals surface area contributed by atoms with Gasteiger partial charge in [0.15, 0.2) is 9.84 Å². The van der Waals surface area contributed by atoms with Gasteiger partial charge in [-0.3, -0.25) is 9.78 Å². The number of hydrogen-bond acceptors (Lipinski definition) is 5. The van der Waals surface area contributed by atoms with Gasteiger partial charge in [0.25, 0.3) is 5.56 Å². The molecular formula is C9H11ClN4O5S. The Bertz CT molecular complexity index is 739. The zero-order valence-corrected chi connectivity index (χ0v) is 11.5. The summed E-state index contributed by atoms with van der Waals surface area (Å²) in [6.45, 7) is 0. The van der Waals surface area contributed by atoms with Crippen molar-refractivity contribution < 1.29 is 13.2 Å². The molecule has 1 fully saturated rings. The van der Waals surface area contributed by atoms with Crippen molar-refractivity contribution in [1.29, 1.82) is 0 Å². The molecule has 0 saturated carbocycles. The third kappa shape index (κ3) is 3.39. The number of anilines is 1. The maximum absolute atomic E-state index is 11.6. The third-order valence-corrected chi connectivity index (χ3v) is 5.04. The quantitative estimate of drug-likeness (QED) is 0.495. The first-order valence-corrected chi connectivity index (χ1v) is 7.76. The second kappa shape index (κ2) is 5.29. The van der Waals surface area contributed by atoms with Crippen molar-refractivity contribution >= 4 is 33.2 Å². The van der Waals surface area contributed by atoms with E-state index in [1.54, 1.807) is 0 Å². The first kappa shape index (κ1) is 14.6. The zero-order chi connectivity index (χ0) is 14.9. The van der Waals surface area contributed by atoms with Crippen LogP contribution >= 0.6 is 11.6 Å². The molecule has 20 heavy (non-hydrogen) atoms. The monoisotopic (exact) mass is 322 g/mol.